The lowest BCUT2D eigenvalue weighted by Crippen LogP contribution is -2.22. The van der Waals surface area contributed by atoms with Crippen LogP contribution in [0.25, 0.3) is 16.8 Å². The molecule has 0 aliphatic carbocycles. The van der Waals surface area contributed by atoms with E-state index in [0.717, 1.165) is 55.2 Å². The first-order valence-electron chi connectivity index (χ1n) is 13.3. The molecule has 3 heterocycles. The molecule has 0 saturated carbocycles. The van der Waals surface area contributed by atoms with Crippen molar-refractivity contribution < 1.29 is 8.81 Å². The van der Waals surface area contributed by atoms with Crippen LogP contribution >= 0.6 is 0 Å². The molecule has 0 amide bonds. The summed E-state index contributed by atoms with van der Waals surface area (Å²) >= 11 is 0. The third kappa shape index (κ3) is 6.94. The Bertz CT molecular complexity index is 1420. The van der Waals surface area contributed by atoms with Crippen molar-refractivity contribution in [3.8, 4) is 17.5 Å². The van der Waals surface area contributed by atoms with Gasteiger partial charge in [0.05, 0.1) is 29.4 Å². The van der Waals surface area contributed by atoms with Gasteiger partial charge in [-0.2, -0.15) is 4.98 Å². The van der Waals surface area contributed by atoms with Crippen LogP contribution in [0.5, 0.6) is 0 Å². The summed E-state index contributed by atoms with van der Waals surface area (Å²) in [5.74, 6) is 7.13. The number of fused-ring (bicyclic) bond motifs is 1. The second-order valence-corrected chi connectivity index (χ2v) is 9.32. The Balaban J connectivity index is 1.60. The summed E-state index contributed by atoms with van der Waals surface area (Å²) in [6.45, 7) is 4.58. The van der Waals surface area contributed by atoms with Crippen molar-refractivity contribution in [3.05, 3.63) is 70.0 Å². The zero-order chi connectivity index (χ0) is 26.0. The Hall–Kier alpha value is -3.73. The van der Waals surface area contributed by atoms with Gasteiger partial charge < -0.3 is 4.42 Å². The van der Waals surface area contributed by atoms with Crippen molar-refractivity contribution in [2.75, 3.05) is 0 Å². The summed E-state index contributed by atoms with van der Waals surface area (Å²) in [5.41, 5.74) is 2.00. The molecule has 0 aliphatic rings. The summed E-state index contributed by atoms with van der Waals surface area (Å²) in [6.07, 6.45) is 14.3. The molecule has 4 aromatic rings. The number of furan rings is 1. The van der Waals surface area contributed by atoms with Gasteiger partial charge in [0.15, 0.2) is 0 Å². The van der Waals surface area contributed by atoms with Gasteiger partial charge in [-0.1, -0.05) is 69.4 Å². The van der Waals surface area contributed by atoms with Crippen LogP contribution in [0, 0.1) is 17.7 Å². The number of aryl methyl sites for hydroxylation is 1. The Labute approximate surface area is 216 Å². The molecule has 7 nitrogen and oxygen atoms in total. The van der Waals surface area contributed by atoms with Crippen LogP contribution in [-0.4, -0.2) is 24.5 Å². The second kappa shape index (κ2) is 13.0. The molecule has 0 saturated heterocycles. The summed E-state index contributed by atoms with van der Waals surface area (Å²) in [5, 5.41) is 9.04. The minimum atomic E-state index is -0.422. The van der Waals surface area contributed by atoms with Crippen LogP contribution in [-0.2, 0) is 13.0 Å². The van der Waals surface area contributed by atoms with Crippen LogP contribution in [0.15, 0.2) is 45.9 Å². The first-order chi connectivity index (χ1) is 18.1. The van der Waals surface area contributed by atoms with Gasteiger partial charge in [0.25, 0.3) is 0 Å². The van der Waals surface area contributed by atoms with Crippen molar-refractivity contribution in [3.63, 3.8) is 0 Å². The van der Waals surface area contributed by atoms with Gasteiger partial charge in [-0.25, -0.2) is 13.9 Å². The summed E-state index contributed by atoms with van der Waals surface area (Å²) in [7, 11) is 0. The van der Waals surface area contributed by atoms with E-state index in [0.29, 0.717) is 17.1 Å². The van der Waals surface area contributed by atoms with E-state index in [-0.39, 0.29) is 12.4 Å². The summed E-state index contributed by atoms with van der Waals surface area (Å²) in [4.78, 5) is 17.0. The number of aromatic nitrogens is 5. The first-order valence-corrected chi connectivity index (χ1v) is 13.3. The zero-order valence-corrected chi connectivity index (χ0v) is 21.7. The molecular formula is C29H34FN5O2. The zero-order valence-electron chi connectivity index (χ0n) is 21.7. The molecule has 0 N–H and O–H groups in total. The molecule has 3 aromatic heterocycles. The number of halogens is 1. The number of nitrogens with zero attached hydrogens (tertiary/aromatic N) is 5. The maximum absolute atomic E-state index is 13.2. The topological polar surface area (TPSA) is 78.7 Å². The highest BCUT2D eigenvalue weighted by atomic mass is 19.1. The van der Waals surface area contributed by atoms with Crippen molar-refractivity contribution in [1.29, 1.82) is 0 Å². The van der Waals surface area contributed by atoms with Crippen LogP contribution in [0.2, 0.25) is 0 Å². The highest BCUT2D eigenvalue weighted by Crippen LogP contribution is 2.25. The smallest absolute Gasteiger partial charge is 0.351 e. The van der Waals surface area contributed by atoms with Crippen molar-refractivity contribution in [2.45, 2.75) is 84.6 Å². The van der Waals surface area contributed by atoms with Gasteiger partial charge in [-0.15, -0.1) is 5.10 Å². The fourth-order valence-electron chi connectivity index (χ4n) is 4.24. The van der Waals surface area contributed by atoms with Gasteiger partial charge >= 0.3 is 5.69 Å². The fraction of sp³-hybridized carbons (Fsp3) is 0.448. The van der Waals surface area contributed by atoms with E-state index in [1.54, 1.807) is 29.2 Å². The molecule has 4 rings (SSSR count). The van der Waals surface area contributed by atoms with Gasteiger partial charge in [-0.3, -0.25) is 4.57 Å². The van der Waals surface area contributed by atoms with Gasteiger partial charge in [-0.05, 0) is 37.1 Å². The quantitative estimate of drug-likeness (QED) is 0.170. The molecule has 0 unspecified atom stereocenters. The predicted molar refractivity (Wildman–Crippen MR) is 142 cm³/mol. The van der Waals surface area contributed by atoms with E-state index >= 15 is 0 Å². The fourth-order valence-corrected chi connectivity index (χ4v) is 4.24. The minimum absolute atomic E-state index is 0.198. The van der Waals surface area contributed by atoms with Crippen molar-refractivity contribution in [2.24, 2.45) is 0 Å². The van der Waals surface area contributed by atoms with Crippen molar-refractivity contribution in [1.82, 2.24) is 24.5 Å². The Kier molecular flexibility index (Phi) is 9.25. The molecule has 1 aromatic carbocycles. The SMILES string of the molecule is CCCCCCC#Cc1c(CCCCCC)oc2nc(=O)n(Cc3cn(-c4ccc(F)cc4)nn3)cc12. The lowest BCUT2D eigenvalue weighted by atomic mass is 10.1. The molecule has 0 aliphatic heterocycles. The largest absolute Gasteiger partial charge is 0.441 e. The Morgan fingerprint density at radius 2 is 1.73 bits per heavy atom. The summed E-state index contributed by atoms with van der Waals surface area (Å²) < 4.78 is 22.3. The molecule has 0 radical (unpaired) electrons. The van der Waals surface area contributed by atoms with Crippen LogP contribution in [0.4, 0.5) is 4.39 Å². The van der Waals surface area contributed by atoms with E-state index in [1.807, 2.05) is 0 Å². The maximum Gasteiger partial charge on any atom is 0.351 e. The monoisotopic (exact) mass is 503 g/mol. The van der Waals surface area contributed by atoms with Gasteiger partial charge in [0.1, 0.15) is 17.3 Å². The van der Waals surface area contributed by atoms with Crippen molar-refractivity contribution >= 4 is 11.1 Å². The van der Waals surface area contributed by atoms with Gasteiger partial charge in [0.2, 0.25) is 5.71 Å². The van der Waals surface area contributed by atoms with Crippen LogP contribution in [0.1, 0.15) is 88.7 Å². The average Bonchev–Trinajstić information content (AvgIpc) is 3.49. The molecule has 194 valence electrons. The number of hydrogen-bond donors (Lipinski definition) is 0. The molecule has 0 fully saturated rings. The highest BCUT2D eigenvalue weighted by Gasteiger charge is 2.16. The molecule has 8 heteroatoms. The minimum Gasteiger partial charge on any atom is -0.441 e. The first kappa shape index (κ1) is 26.3. The molecular weight excluding hydrogens is 469 g/mol. The number of rotatable bonds is 12. The third-order valence-corrected chi connectivity index (χ3v) is 6.32. The lowest BCUT2D eigenvalue weighted by Gasteiger charge is -2.02. The Morgan fingerprint density at radius 3 is 2.49 bits per heavy atom. The normalized spacial score (nSPS) is 11.1. The standard InChI is InChI=1S/C29H34FN5O2/c1-3-5-7-9-10-11-13-25-26-21-34(29(36)31-28(26)37-27(25)14-12-8-6-4-2)19-23-20-35(33-32-23)24-17-15-22(30)16-18-24/h15-18,20-21H,3-10,12,14,19H2,1-2H3. The molecule has 37 heavy (non-hydrogen) atoms. The predicted octanol–water partition coefficient (Wildman–Crippen LogP) is 6.20. The maximum atomic E-state index is 13.2. The van der Waals surface area contributed by atoms with E-state index in [2.05, 4.69) is 41.0 Å². The number of unbranched alkanes of at least 4 members (excludes halogenated alkanes) is 7. The lowest BCUT2D eigenvalue weighted by molar-refractivity contribution is 0.515. The number of benzene rings is 1. The highest BCUT2D eigenvalue weighted by molar-refractivity contribution is 5.81. The molecule has 0 atom stereocenters. The third-order valence-electron chi connectivity index (χ3n) is 6.32. The molecule has 0 bridgehead atoms. The number of hydrogen-bond acceptors (Lipinski definition) is 5. The Morgan fingerprint density at radius 1 is 0.973 bits per heavy atom. The van der Waals surface area contributed by atoms with E-state index in [4.69, 9.17) is 4.42 Å². The van der Waals surface area contributed by atoms with Crippen LogP contribution in [0.3, 0.4) is 0 Å². The molecule has 0 spiro atoms. The van der Waals surface area contributed by atoms with E-state index < -0.39 is 5.69 Å². The van der Waals surface area contributed by atoms with Gasteiger partial charge in [0, 0.05) is 19.0 Å². The van der Waals surface area contributed by atoms with E-state index in [9.17, 15) is 9.18 Å². The second-order valence-electron chi connectivity index (χ2n) is 9.32. The van der Waals surface area contributed by atoms with Crippen LogP contribution < -0.4 is 5.69 Å². The van der Waals surface area contributed by atoms with E-state index in [1.165, 1.54) is 42.4 Å². The summed E-state index contributed by atoms with van der Waals surface area (Å²) in [6, 6.07) is 5.97. The average molecular weight is 504 g/mol.